The molecule has 21 heavy (non-hydrogen) atoms. The number of hydrogen-bond acceptors (Lipinski definition) is 4. The van der Waals surface area contributed by atoms with Gasteiger partial charge < -0.3 is 20.7 Å². The van der Waals surface area contributed by atoms with Crippen LogP contribution >= 0.6 is 0 Å². The van der Waals surface area contributed by atoms with Gasteiger partial charge in [-0.25, -0.2) is 0 Å². The van der Waals surface area contributed by atoms with E-state index >= 15 is 0 Å². The van der Waals surface area contributed by atoms with E-state index in [4.69, 9.17) is 10.5 Å². The van der Waals surface area contributed by atoms with Crippen LogP contribution in [0.3, 0.4) is 0 Å². The standard InChI is InChI=1S/C16H25N3O2/c1-19-10-7-12(8-11-19)6-9-18-16(20)13-4-3-5-14(17)15(13)21-2/h3-5,12H,6-11,17H2,1-2H3,(H,18,20). The van der Waals surface area contributed by atoms with E-state index in [2.05, 4.69) is 17.3 Å². The maximum absolute atomic E-state index is 12.2. The quantitative estimate of drug-likeness (QED) is 0.811. The highest BCUT2D eigenvalue weighted by atomic mass is 16.5. The number of carbonyl (C=O) groups is 1. The Hall–Kier alpha value is -1.75. The summed E-state index contributed by atoms with van der Waals surface area (Å²) < 4.78 is 5.21. The van der Waals surface area contributed by atoms with Crippen molar-refractivity contribution in [2.75, 3.05) is 39.5 Å². The minimum atomic E-state index is -0.118. The Labute approximate surface area is 126 Å². The molecule has 1 aromatic rings. The molecule has 0 atom stereocenters. The van der Waals surface area contributed by atoms with E-state index in [1.54, 1.807) is 18.2 Å². The molecule has 0 spiro atoms. The van der Waals surface area contributed by atoms with E-state index in [0.717, 1.165) is 19.5 Å². The lowest BCUT2D eigenvalue weighted by molar-refractivity contribution is 0.0946. The molecule has 1 heterocycles. The molecule has 5 nitrogen and oxygen atoms in total. The van der Waals surface area contributed by atoms with Crippen molar-refractivity contribution in [3.63, 3.8) is 0 Å². The first-order valence-electron chi connectivity index (χ1n) is 7.51. The molecule has 1 aliphatic heterocycles. The third-order valence-electron chi connectivity index (χ3n) is 4.17. The van der Waals surface area contributed by atoms with E-state index in [1.165, 1.54) is 20.0 Å². The Balaban J connectivity index is 1.84. The Morgan fingerprint density at radius 3 is 2.81 bits per heavy atom. The fourth-order valence-corrected chi connectivity index (χ4v) is 2.80. The molecule has 1 saturated heterocycles. The van der Waals surface area contributed by atoms with E-state index in [9.17, 15) is 4.79 Å². The molecule has 1 aliphatic rings. The first kappa shape index (κ1) is 15.6. The van der Waals surface area contributed by atoms with E-state index < -0.39 is 0 Å². The third kappa shape index (κ3) is 4.11. The molecule has 0 radical (unpaired) electrons. The van der Waals surface area contributed by atoms with E-state index in [0.29, 0.717) is 29.5 Å². The molecule has 0 aromatic heterocycles. The van der Waals surface area contributed by atoms with Crippen molar-refractivity contribution in [2.45, 2.75) is 19.3 Å². The second-order valence-corrected chi connectivity index (χ2v) is 5.72. The smallest absolute Gasteiger partial charge is 0.255 e. The van der Waals surface area contributed by atoms with Crippen LogP contribution < -0.4 is 15.8 Å². The molecule has 5 heteroatoms. The van der Waals surface area contributed by atoms with Crippen LogP contribution in [0.2, 0.25) is 0 Å². The van der Waals surface area contributed by atoms with Crippen molar-refractivity contribution in [2.24, 2.45) is 5.92 Å². The van der Waals surface area contributed by atoms with Gasteiger partial charge in [0.15, 0.2) is 5.75 Å². The molecule has 0 saturated carbocycles. The summed E-state index contributed by atoms with van der Waals surface area (Å²) in [7, 11) is 3.69. The van der Waals surface area contributed by atoms with E-state index in [-0.39, 0.29) is 5.91 Å². The highest BCUT2D eigenvalue weighted by Gasteiger charge is 2.18. The summed E-state index contributed by atoms with van der Waals surface area (Å²) in [5.41, 5.74) is 6.81. The number of anilines is 1. The van der Waals surface area contributed by atoms with Crippen LogP contribution in [-0.4, -0.2) is 44.6 Å². The molecule has 1 aromatic carbocycles. The Bertz CT molecular complexity index is 482. The predicted molar refractivity (Wildman–Crippen MR) is 84.6 cm³/mol. The minimum Gasteiger partial charge on any atom is -0.494 e. The maximum atomic E-state index is 12.2. The van der Waals surface area contributed by atoms with Gasteiger partial charge in [0, 0.05) is 6.54 Å². The van der Waals surface area contributed by atoms with Gasteiger partial charge in [0.2, 0.25) is 0 Å². The number of likely N-dealkylation sites (tertiary alicyclic amines) is 1. The second kappa shape index (κ2) is 7.31. The largest absolute Gasteiger partial charge is 0.494 e. The molecule has 116 valence electrons. The Morgan fingerprint density at radius 2 is 2.14 bits per heavy atom. The lowest BCUT2D eigenvalue weighted by atomic mass is 9.94. The lowest BCUT2D eigenvalue weighted by Crippen LogP contribution is -2.32. The number of nitrogens with two attached hydrogens (primary N) is 1. The summed E-state index contributed by atoms with van der Waals surface area (Å²) in [5.74, 6) is 1.05. The molecule has 1 amide bonds. The molecule has 0 unspecified atom stereocenters. The van der Waals surface area contributed by atoms with Crippen molar-refractivity contribution in [1.82, 2.24) is 10.2 Å². The summed E-state index contributed by atoms with van der Waals surface area (Å²) in [5, 5.41) is 2.97. The van der Waals surface area contributed by atoms with Gasteiger partial charge >= 0.3 is 0 Å². The summed E-state index contributed by atoms with van der Waals surface area (Å²) in [6.07, 6.45) is 3.46. The number of rotatable bonds is 5. The number of hydrogen-bond donors (Lipinski definition) is 2. The topological polar surface area (TPSA) is 67.6 Å². The number of piperidine rings is 1. The number of nitrogen functional groups attached to an aromatic ring is 1. The Kier molecular flexibility index (Phi) is 5.44. The number of amides is 1. The Morgan fingerprint density at radius 1 is 1.43 bits per heavy atom. The zero-order chi connectivity index (χ0) is 15.2. The van der Waals surface area contributed by atoms with Crippen LogP contribution in [0.1, 0.15) is 29.6 Å². The lowest BCUT2D eigenvalue weighted by Gasteiger charge is -2.28. The normalized spacial score (nSPS) is 16.7. The monoisotopic (exact) mass is 291 g/mol. The number of benzene rings is 1. The summed E-state index contributed by atoms with van der Waals surface area (Å²) in [4.78, 5) is 14.6. The average Bonchev–Trinajstić information content (AvgIpc) is 2.49. The number of para-hydroxylation sites is 1. The van der Waals surface area contributed by atoms with Crippen LogP contribution in [0.5, 0.6) is 5.75 Å². The summed E-state index contributed by atoms with van der Waals surface area (Å²) in [6, 6.07) is 5.23. The first-order valence-corrected chi connectivity index (χ1v) is 7.51. The summed E-state index contributed by atoms with van der Waals surface area (Å²) in [6.45, 7) is 3.01. The van der Waals surface area contributed by atoms with Crippen LogP contribution in [0.15, 0.2) is 18.2 Å². The average molecular weight is 291 g/mol. The van der Waals surface area contributed by atoms with Gasteiger partial charge in [0.25, 0.3) is 5.91 Å². The van der Waals surface area contributed by atoms with Crippen LogP contribution in [0.4, 0.5) is 5.69 Å². The van der Waals surface area contributed by atoms with Crippen molar-refractivity contribution in [1.29, 1.82) is 0 Å². The van der Waals surface area contributed by atoms with Crippen LogP contribution in [0, 0.1) is 5.92 Å². The number of methoxy groups -OCH3 is 1. The number of nitrogens with one attached hydrogen (secondary N) is 1. The van der Waals surface area contributed by atoms with E-state index in [1.807, 2.05) is 0 Å². The van der Waals surface area contributed by atoms with Gasteiger partial charge in [-0.2, -0.15) is 0 Å². The van der Waals surface area contributed by atoms with Crippen LogP contribution in [-0.2, 0) is 0 Å². The molecule has 2 rings (SSSR count). The highest BCUT2D eigenvalue weighted by molar-refractivity contribution is 5.98. The fraction of sp³-hybridized carbons (Fsp3) is 0.562. The maximum Gasteiger partial charge on any atom is 0.255 e. The molecule has 1 fully saturated rings. The van der Waals surface area contributed by atoms with Gasteiger partial charge in [-0.15, -0.1) is 0 Å². The van der Waals surface area contributed by atoms with Crippen molar-refractivity contribution >= 4 is 11.6 Å². The predicted octanol–water partition coefficient (Wildman–Crippen LogP) is 1.74. The van der Waals surface area contributed by atoms with Crippen molar-refractivity contribution in [3.8, 4) is 5.75 Å². The van der Waals surface area contributed by atoms with Gasteiger partial charge in [0.05, 0.1) is 18.4 Å². The number of ether oxygens (including phenoxy) is 1. The molecular weight excluding hydrogens is 266 g/mol. The number of nitrogens with zero attached hydrogens (tertiary/aromatic N) is 1. The van der Waals surface area contributed by atoms with Gasteiger partial charge in [-0.05, 0) is 57.5 Å². The number of carbonyl (C=O) groups excluding carboxylic acids is 1. The SMILES string of the molecule is COc1c(N)cccc1C(=O)NCCC1CCN(C)CC1. The summed E-state index contributed by atoms with van der Waals surface area (Å²) >= 11 is 0. The molecule has 0 bridgehead atoms. The molecule has 3 N–H and O–H groups in total. The fourth-order valence-electron chi connectivity index (χ4n) is 2.80. The second-order valence-electron chi connectivity index (χ2n) is 5.72. The van der Waals surface area contributed by atoms with Crippen LogP contribution in [0.25, 0.3) is 0 Å². The van der Waals surface area contributed by atoms with Crippen molar-refractivity contribution < 1.29 is 9.53 Å². The van der Waals surface area contributed by atoms with Gasteiger partial charge in [0.1, 0.15) is 0 Å². The zero-order valence-electron chi connectivity index (χ0n) is 12.9. The zero-order valence-corrected chi connectivity index (χ0v) is 12.9. The molecule has 0 aliphatic carbocycles. The third-order valence-corrected chi connectivity index (χ3v) is 4.17. The minimum absolute atomic E-state index is 0.118. The first-order chi connectivity index (χ1) is 10.1. The highest BCUT2D eigenvalue weighted by Crippen LogP contribution is 2.25. The van der Waals surface area contributed by atoms with Gasteiger partial charge in [-0.1, -0.05) is 6.07 Å². The molecular formula is C16H25N3O2. The van der Waals surface area contributed by atoms with Gasteiger partial charge in [-0.3, -0.25) is 4.79 Å². The van der Waals surface area contributed by atoms with Crippen molar-refractivity contribution in [3.05, 3.63) is 23.8 Å².